The molecular weight excluding hydrogens is 384 g/mol. The predicted octanol–water partition coefficient (Wildman–Crippen LogP) is 3.72. The maximum Gasteiger partial charge on any atom is 0.261 e. The van der Waals surface area contributed by atoms with E-state index in [9.17, 15) is 9.59 Å². The van der Waals surface area contributed by atoms with Crippen LogP contribution in [0.3, 0.4) is 0 Å². The highest BCUT2D eigenvalue weighted by atomic mass is 32.1. The van der Waals surface area contributed by atoms with E-state index in [4.69, 9.17) is 4.98 Å². The van der Waals surface area contributed by atoms with Crippen molar-refractivity contribution in [1.82, 2.24) is 19.8 Å². The van der Waals surface area contributed by atoms with E-state index in [1.807, 2.05) is 51.2 Å². The molecule has 154 valence electrons. The van der Waals surface area contributed by atoms with Gasteiger partial charge >= 0.3 is 0 Å². The number of carbonyl (C=O) groups is 2. The number of imidazole rings is 1. The zero-order chi connectivity index (χ0) is 20.6. The zero-order valence-electron chi connectivity index (χ0n) is 17.1. The molecule has 0 bridgehead atoms. The maximum atomic E-state index is 12.9. The van der Waals surface area contributed by atoms with Gasteiger partial charge in [0.2, 0.25) is 5.91 Å². The highest BCUT2D eigenvalue weighted by Gasteiger charge is 2.17. The molecule has 0 aliphatic rings. The number of hydrogen-bond donors (Lipinski definition) is 1. The number of hydrogen-bond acceptors (Lipinski definition) is 4. The topological polar surface area (TPSA) is 67.2 Å². The second-order valence-electron chi connectivity index (χ2n) is 6.97. The molecule has 29 heavy (non-hydrogen) atoms. The van der Waals surface area contributed by atoms with Crippen LogP contribution in [-0.4, -0.2) is 45.9 Å². The molecule has 0 atom stereocenters. The van der Waals surface area contributed by atoms with Gasteiger partial charge in [0.15, 0.2) is 0 Å². The molecule has 0 saturated heterocycles. The monoisotopic (exact) mass is 412 g/mol. The summed E-state index contributed by atoms with van der Waals surface area (Å²) in [5, 5.41) is 4.83. The smallest absolute Gasteiger partial charge is 0.261 e. The van der Waals surface area contributed by atoms with Crippen molar-refractivity contribution < 1.29 is 9.59 Å². The van der Waals surface area contributed by atoms with Gasteiger partial charge in [-0.05, 0) is 36.4 Å². The molecule has 3 aromatic rings. The van der Waals surface area contributed by atoms with Crippen molar-refractivity contribution in [2.24, 2.45) is 0 Å². The third-order valence-corrected chi connectivity index (χ3v) is 5.61. The largest absolute Gasteiger partial charge is 0.351 e. The Morgan fingerprint density at radius 1 is 1.10 bits per heavy atom. The van der Waals surface area contributed by atoms with Crippen LogP contribution in [0.4, 0.5) is 0 Å². The number of aromatic nitrogens is 2. The first-order chi connectivity index (χ1) is 14.1. The van der Waals surface area contributed by atoms with Crippen molar-refractivity contribution in [2.75, 3.05) is 19.6 Å². The molecule has 0 spiro atoms. The summed E-state index contributed by atoms with van der Waals surface area (Å²) in [5.41, 5.74) is 1.82. The molecule has 2 aromatic heterocycles. The Bertz CT molecular complexity index is 943. The molecule has 0 radical (unpaired) electrons. The summed E-state index contributed by atoms with van der Waals surface area (Å²) < 4.78 is 1.99. The highest BCUT2D eigenvalue weighted by Crippen LogP contribution is 2.17. The first-order valence-corrected chi connectivity index (χ1v) is 11.1. The summed E-state index contributed by atoms with van der Waals surface area (Å²) >= 11 is 1.42. The van der Waals surface area contributed by atoms with Crippen LogP contribution in [0.2, 0.25) is 0 Å². The lowest BCUT2D eigenvalue weighted by molar-refractivity contribution is -0.131. The second kappa shape index (κ2) is 10.2. The molecule has 2 amide bonds. The lowest BCUT2D eigenvalue weighted by atomic mass is 10.3. The molecule has 7 heteroatoms. The number of benzene rings is 1. The van der Waals surface area contributed by atoms with Crippen LogP contribution in [0.1, 0.15) is 42.2 Å². The average molecular weight is 413 g/mol. The Hall–Kier alpha value is -2.67. The van der Waals surface area contributed by atoms with Crippen molar-refractivity contribution in [3.8, 4) is 0 Å². The van der Waals surface area contributed by atoms with Crippen molar-refractivity contribution in [1.29, 1.82) is 0 Å². The van der Waals surface area contributed by atoms with E-state index in [2.05, 4.69) is 19.2 Å². The Kier molecular flexibility index (Phi) is 7.41. The minimum Gasteiger partial charge on any atom is -0.351 e. The Labute approximate surface area is 175 Å². The van der Waals surface area contributed by atoms with Gasteiger partial charge in [-0.1, -0.05) is 32.0 Å². The predicted molar refractivity (Wildman–Crippen MR) is 117 cm³/mol. The van der Waals surface area contributed by atoms with Gasteiger partial charge in [0.25, 0.3) is 5.91 Å². The quantitative estimate of drug-likeness (QED) is 0.552. The maximum absolute atomic E-state index is 12.9. The van der Waals surface area contributed by atoms with E-state index < -0.39 is 0 Å². The van der Waals surface area contributed by atoms with Gasteiger partial charge in [-0.15, -0.1) is 11.3 Å². The molecule has 3 rings (SSSR count). The molecule has 0 saturated carbocycles. The van der Waals surface area contributed by atoms with E-state index in [0.717, 1.165) is 42.8 Å². The van der Waals surface area contributed by atoms with Gasteiger partial charge in [-0.3, -0.25) is 9.59 Å². The summed E-state index contributed by atoms with van der Waals surface area (Å²) in [6.45, 7) is 6.46. The van der Waals surface area contributed by atoms with Gasteiger partial charge in [-0.2, -0.15) is 0 Å². The summed E-state index contributed by atoms with van der Waals surface area (Å²) in [5.74, 6) is 0.857. The first-order valence-electron chi connectivity index (χ1n) is 10.2. The van der Waals surface area contributed by atoms with Gasteiger partial charge in [-0.25, -0.2) is 4.98 Å². The first kappa shape index (κ1) is 21.0. The van der Waals surface area contributed by atoms with Crippen molar-refractivity contribution in [3.63, 3.8) is 0 Å². The van der Waals surface area contributed by atoms with Gasteiger partial charge in [0.05, 0.1) is 15.9 Å². The Morgan fingerprint density at radius 2 is 1.86 bits per heavy atom. The van der Waals surface area contributed by atoms with Crippen molar-refractivity contribution in [3.05, 3.63) is 52.5 Å². The fourth-order valence-electron chi connectivity index (χ4n) is 3.41. The standard InChI is InChI=1S/C22H28N4O2S/c1-3-13-25(14-4-2)21(27)16-26-18-9-6-5-8-17(18)24-20(26)11-12-23-22(28)19-10-7-15-29-19/h5-10,15H,3-4,11-14,16H2,1-2H3,(H,23,28). The molecule has 1 N–H and O–H groups in total. The Morgan fingerprint density at radius 3 is 2.55 bits per heavy atom. The minimum atomic E-state index is -0.0733. The fraction of sp³-hybridized carbons (Fsp3) is 0.409. The lowest BCUT2D eigenvalue weighted by Gasteiger charge is -2.22. The Balaban J connectivity index is 1.75. The third kappa shape index (κ3) is 5.23. The van der Waals surface area contributed by atoms with Crippen LogP contribution < -0.4 is 5.32 Å². The summed E-state index contributed by atoms with van der Waals surface area (Å²) in [4.78, 5) is 32.5. The normalized spacial score (nSPS) is 11.0. The zero-order valence-corrected chi connectivity index (χ0v) is 17.9. The van der Waals surface area contributed by atoms with Gasteiger partial charge < -0.3 is 14.8 Å². The third-order valence-electron chi connectivity index (χ3n) is 4.75. The number of para-hydroxylation sites is 2. The number of thiophene rings is 1. The van der Waals surface area contributed by atoms with E-state index in [1.54, 1.807) is 0 Å². The molecule has 0 fully saturated rings. The number of rotatable bonds is 10. The molecule has 6 nitrogen and oxygen atoms in total. The summed E-state index contributed by atoms with van der Waals surface area (Å²) in [6, 6.07) is 11.5. The van der Waals surface area contributed by atoms with E-state index in [0.29, 0.717) is 17.8 Å². The van der Waals surface area contributed by atoms with Crippen LogP contribution in [0.25, 0.3) is 11.0 Å². The number of amides is 2. The van der Waals surface area contributed by atoms with Crippen molar-refractivity contribution in [2.45, 2.75) is 39.7 Å². The average Bonchev–Trinajstić information content (AvgIpc) is 3.37. The minimum absolute atomic E-state index is 0.0733. The molecule has 0 unspecified atom stereocenters. The van der Waals surface area contributed by atoms with E-state index in [1.165, 1.54) is 11.3 Å². The number of nitrogens with one attached hydrogen (secondary N) is 1. The highest BCUT2D eigenvalue weighted by molar-refractivity contribution is 7.12. The van der Waals surface area contributed by atoms with E-state index >= 15 is 0 Å². The molecular formula is C22H28N4O2S. The summed E-state index contributed by atoms with van der Waals surface area (Å²) in [6.07, 6.45) is 2.46. The van der Waals surface area contributed by atoms with Crippen LogP contribution in [0, 0.1) is 0 Å². The molecule has 0 aliphatic carbocycles. The van der Waals surface area contributed by atoms with Gasteiger partial charge in [0.1, 0.15) is 12.4 Å². The van der Waals surface area contributed by atoms with Crippen molar-refractivity contribution >= 4 is 34.2 Å². The SMILES string of the molecule is CCCN(CCC)C(=O)Cn1c(CCNC(=O)c2cccs2)nc2ccccc21. The fourth-order valence-corrected chi connectivity index (χ4v) is 4.05. The summed E-state index contributed by atoms with van der Waals surface area (Å²) in [7, 11) is 0. The number of carbonyl (C=O) groups excluding carboxylic acids is 2. The van der Waals surface area contributed by atoms with Crippen LogP contribution in [0.15, 0.2) is 41.8 Å². The van der Waals surface area contributed by atoms with E-state index in [-0.39, 0.29) is 18.4 Å². The van der Waals surface area contributed by atoms with Gasteiger partial charge in [0, 0.05) is 26.1 Å². The van der Waals surface area contributed by atoms with Crippen LogP contribution in [0.5, 0.6) is 0 Å². The van der Waals surface area contributed by atoms with Crippen LogP contribution >= 0.6 is 11.3 Å². The van der Waals surface area contributed by atoms with Crippen LogP contribution in [-0.2, 0) is 17.8 Å². The number of nitrogens with zero attached hydrogens (tertiary/aromatic N) is 3. The molecule has 1 aromatic carbocycles. The lowest BCUT2D eigenvalue weighted by Crippen LogP contribution is -2.35. The molecule has 0 aliphatic heterocycles. The number of fused-ring (bicyclic) bond motifs is 1. The molecule has 2 heterocycles. The second-order valence-corrected chi connectivity index (χ2v) is 7.91.